The Hall–Kier alpha value is -0.570. The van der Waals surface area contributed by atoms with Gasteiger partial charge >= 0.3 is 5.97 Å². The number of esters is 1. The van der Waals surface area contributed by atoms with Crippen LogP contribution in [0, 0.1) is 16.7 Å². The highest BCUT2D eigenvalue weighted by Gasteiger charge is 2.62. The Morgan fingerprint density at radius 1 is 1.14 bits per heavy atom. The van der Waals surface area contributed by atoms with Gasteiger partial charge in [-0.05, 0) is 56.3 Å². The van der Waals surface area contributed by atoms with Crippen molar-refractivity contribution in [3.8, 4) is 0 Å². The second-order valence-electron chi connectivity index (χ2n) is 8.43. The molecule has 2 aliphatic carbocycles. The van der Waals surface area contributed by atoms with Crippen LogP contribution in [0.5, 0.6) is 0 Å². The minimum atomic E-state index is 0.0430. The van der Waals surface area contributed by atoms with Gasteiger partial charge in [0.15, 0.2) is 6.54 Å². The Bertz CT molecular complexity index is 398. The molecule has 0 unspecified atom stereocenters. The van der Waals surface area contributed by atoms with E-state index in [1.165, 1.54) is 43.4 Å². The van der Waals surface area contributed by atoms with Gasteiger partial charge in [0.2, 0.25) is 0 Å². The molecule has 2 bridgehead atoms. The minimum absolute atomic E-state index is 0.0430. The molecule has 1 heterocycles. The lowest BCUT2D eigenvalue weighted by atomic mass is 9.70. The lowest BCUT2D eigenvalue weighted by molar-refractivity contribution is -0.891. The molecule has 3 fully saturated rings. The highest BCUT2D eigenvalue weighted by molar-refractivity contribution is 5.70. The summed E-state index contributed by atoms with van der Waals surface area (Å²) in [7, 11) is 0. The maximum Gasteiger partial charge on any atom is 0.362 e. The molecule has 3 aliphatic rings. The van der Waals surface area contributed by atoms with Gasteiger partial charge in [-0.15, -0.1) is 0 Å². The third kappa shape index (κ3) is 2.62. The summed E-state index contributed by atoms with van der Waals surface area (Å²) in [6, 6.07) is 0. The van der Waals surface area contributed by atoms with Crippen LogP contribution in [0.3, 0.4) is 0 Å². The van der Waals surface area contributed by atoms with E-state index in [0.717, 1.165) is 25.4 Å². The van der Waals surface area contributed by atoms with Crippen molar-refractivity contribution in [2.45, 2.75) is 71.8 Å². The molecule has 1 saturated heterocycles. The first-order valence-corrected chi connectivity index (χ1v) is 8.96. The Morgan fingerprint density at radius 3 is 2.33 bits per heavy atom. The number of hydrogen-bond acceptors (Lipinski definition) is 2. The number of ether oxygens (including phenoxy) is 1. The van der Waals surface area contributed by atoms with E-state index in [0.29, 0.717) is 12.0 Å². The Kier molecular flexibility index (Phi) is 4.06. The smallest absolute Gasteiger partial charge is 0.362 e. The summed E-state index contributed by atoms with van der Waals surface area (Å²) in [5.41, 5.74) is 0.523. The molecule has 0 aromatic heterocycles. The first-order chi connectivity index (χ1) is 9.93. The monoisotopic (exact) mass is 294 g/mol. The standard InChI is InChI=1S/C18H31NO2/c1-17(2)14-8-9-18(17,3)15(12-14)21-16(20)13-19-10-6-4-5-7-11-19/h14-15H,4-13H2,1-3H3/p+1/t14-,15-,18+/m0/s1. The molecule has 0 aromatic rings. The molecular weight excluding hydrogens is 262 g/mol. The number of carbonyl (C=O) groups excluding carboxylic acids is 1. The molecule has 0 spiro atoms. The Balaban J connectivity index is 1.56. The zero-order valence-electron chi connectivity index (χ0n) is 14.0. The molecule has 0 amide bonds. The van der Waals surface area contributed by atoms with Crippen LogP contribution in [0.15, 0.2) is 0 Å². The average molecular weight is 294 g/mol. The van der Waals surface area contributed by atoms with Crippen molar-refractivity contribution in [3.63, 3.8) is 0 Å². The predicted molar refractivity (Wildman–Crippen MR) is 83.1 cm³/mol. The number of quaternary nitrogens is 1. The molecule has 120 valence electrons. The molecule has 0 radical (unpaired) electrons. The van der Waals surface area contributed by atoms with Crippen LogP contribution in [-0.4, -0.2) is 31.7 Å². The van der Waals surface area contributed by atoms with Crippen LogP contribution in [0.25, 0.3) is 0 Å². The van der Waals surface area contributed by atoms with Crippen molar-refractivity contribution in [3.05, 3.63) is 0 Å². The summed E-state index contributed by atoms with van der Waals surface area (Å²) < 4.78 is 5.97. The van der Waals surface area contributed by atoms with Crippen LogP contribution in [0.2, 0.25) is 0 Å². The van der Waals surface area contributed by atoms with Gasteiger partial charge in [-0.1, -0.05) is 20.8 Å². The fourth-order valence-corrected chi connectivity index (χ4v) is 5.12. The normalized spacial score (nSPS) is 39.2. The van der Waals surface area contributed by atoms with E-state index in [1.54, 1.807) is 0 Å². The first-order valence-electron chi connectivity index (χ1n) is 8.96. The van der Waals surface area contributed by atoms with Crippen molar-refractivity contribution in [1.29, 1.82) is 0 Å². The second-order valence-corrected chi connectivity index (χ2v) is 8.43. The topological polar surface area (TPSA) is 30.7 Å². The van der Waals surface area contributed by atoms with Gasteiger partial charge in [-0.3, -0.25) is 0 Å². The zero-order chi connectivity index (χ0) is 15.1. The van der Waals surface area contributed by atoms with Crippen molar-refractivity contribution in [2.75, 3.05) is 19.6 Å². The predicted octanol–water partition coefficient (Wildman–Crippen LogP) is 2.20. The van der Waals surface area contributed by atoms with Gasteiger partial charge in [0, 0.05) is 5.41 Å². The molecule has 3 heteroatoms. The molecule has 0 aromatic carbocycles. The number of nitrogens with one attached hydrogen (secondary N) is 1. The second kappa shape index (κ2) is 5.57. The minimum Gasteiger partial charge on any atom is -0.458 e. The molecule has 3 rings (SSSR count). The number of hydrogen-bond donors (Lipinski definition) is 1. The number of fused-ring (bicyclic) bond motifs is 2. The Labute approximate surface area is 129 Å². The van der Waals surface area contributed by atoms with E-state index >= 15 is 0 Å². The summed E-state index contributed by atoms with van der Waals surface area (Å²) in [6.45, 7) is 9.96. The van der Waals surface area contributed by atoms with E-state index in [4.69, 9.17) is 4.74 Å². The third-order valence-electron chi connectivity index (χ3n) is 7.19. The molecule has 2 saturated carbocycles. The first kappa shape index (κ1) is 15.3. The van der Waals surface area contributed by atoms with E-state index < -0.39 is 0 Å². The van der Waals surface area contributed by atoms with E-state index in [1.807, 2.05) is 0 Å². The van der Waals surface area contributed by atoms with E-state index in [2.05, 4.69) is 20.8 Å². The number of likely N-dealkylation sites (tertiary alicyclic amines) is 1. The van der Waals surface area contributed by atoms with Gasteiger partial charge in [-0.2, -0.15) is 0 Å². The van der Waals surface area contributed by atoms with Crippen LogP contribution in [0.1, 0.15) is 65.7 Å². The fourth-order valence-electron chi connectivity index (χ4n) is 5.12. The summed E-state index contributed by atoms with van der Waals surface area (Å²) in [5.74, 6) is 0.785. The molecule has 21 heavy (non-hydrogen) atoms. The lowest BCUT2D eigenvalue weighted by Gasteiger charge is -2.38. The lowest BCUT2D eigenvalue weighted by Crippen LogP contribution is -3.12. The highest BCUT2D eigenvalue weighted by Crippen LogP contribution is 2.66. The van der Waals surface area contributed by atoms with Crippen LogP contribution in [0.4, 0.5) is 0 Å². The molecule has 3 nitrogen and oxygen atoms in total. The number of carbonyl (C=O) groups is 1. The molecular formula is C18H32NO2+. The van der Waals surface area contributed by atoms with Crippen molar-refractivity contribution >= 4 is 5.97 Å². The van der Waals surface area contributed by atoms with Crippen molar-refractivity contribution in [1.82, 2.24) is 0 Å². The van der Waals surface area contributed by atoms with Gasteiger partial charge < -0.3 is 9.64 Å². The van der Waals surface area contributed by atoms with Gasteiger partial charge in [-0.25, -0.2) is 4.79 Å². The summed E-state index contributed by atoms with van der Waals surface area (Å²) in [5, 5.41) is 0. The van der Waals surface area contributed by atoms with Gasteiger partial charge in [0.25, 0.3) is 0 Å². The molecule has 1 N–H and O–H groups in total. The number of rotatable bonds is 3. The van der Waals surface area contributed by atoms with Gasteiger partial charge in [0.05, 0.1) is 13.1 Å². The Morgan fingerprint density at radius 2 is 1.81 bits per heavy atom. The van der Waals surface area contributed by atoms with Crippen molar-refractivity contribution < 1.29 is 14.4 Å². The highest BCUT2D eigenvalue weighted by atomic mass is 16.5. The largest absolute Gasteiger partial charge is 0.458 e. The van der Waals surface area contributed by atoms with Crippen LogP contribution >= 0.6 is 0 Å². The SMILES string of the molecule is CC1(C)[C@H]2CC[C@]1(C)[C@@H](OC(=O)C[NH+]1CCCCCC1)C2. The quantitative estimate of drug-likeness (QED) is 0.809. The summed E-state index contributed by atoms with van der Waals surface area (Å²) >= 11 is 0. The third-order valence-corrected chi connectivity index (χ3v) is 7.19. The van der Waals surface area contributed by atoms with E-state index in [-0.39, 0.29) is 17.5 Å². The zero-order valence-corrected chi connectivity index (χ0v) is 14.0. The van der Waals surface area contributed by atoms with Crippen LogP contribution in [-0.2, 0) is 9.53 Å². The van der Waals surface area contributed by atoms with Gasteiger partial charge in [0.1, 0.15) is 6.10 Å². The van der Waals surface area contributed by atoms with E-state index in [9.17, 15) is 4.79 Å². The van der Waals surface area contributed by atoms with Crippen molar-refractivity contribution in [2.24, 2.45) is 16.7 Å². The van der Waals surface area contributed by atoms with Crippen LogP contribution < -0.4 is 4.90 Å². The maximum atomic E-state index is 12.4. The fraction of sp³-hybridized carbons (Fsp3) is 0.944. The maximum absolute atomic E-state index is 12.4. The summed E-state index contributed by atoms with van der Waals surface area (Å²) in [6.07, 6.45) is 8.96. The average Bonchev–Trinajstić information content (AvgIpc) is 2.69. The molecule has 3 atom stereocenters. The summed E-state index contributed by atoms with van der Waals surface area (Å²) in [4.78, 5) is 13.8. The molecule has 1 aliphatic heterocycles.